The number of pyridine rings is 1. The van der Waals surface area contributed by atoms with Crippen LogP contribution in [0.5, 0.6) is 0 Å². The molecule has 1 amide bonds. The maximum atomic E-state index is 12.2. The standard InChI is InChI=1S/C16H24N4O2/c17-14-4-3-12(10-14)16(21)19-11-13-2-1-5-18-15(13)20-6-8-22-9-7-20/h1-2,5,12,14H,3-4,6-11,17H2,(H,19,21). The van der Waals surface area contributed by atoms with Crippen molar-refractivity contribution in [1.82, 2.24) is 10.3 Å². The van der Waals surface area contributed by atoms with Crippen LogP contribution in [-0.2, 0) is 16.1 Å². The molecule has 1 saturated carbocycles. The van der Waals surface area contributed by atoms with Crippen LogP contribution in [0.15, 0.2) is 18.3 Å². The number of anilines is 1. The molecule has 1 aliphatic heterocycles. The zero-order valence-corrected chi connectivity index (χ0v) is 12.8. The summed E-state index contributed by atoms with van der Waals surface area (Å²) in [5.74, 6) is 1.14. The number of carbonyl (C=O) groups is 1. The van der Waals surface area contributed by atoms with Gasteiger partial charge in [0.1, 0.15) is 5.82 Å². The molecule has 2 fully saturated rings. The molecule has 0 spiro atoms. The first-order chi connectivity index (χ1) is 10.7. The number of rotatable bonds is 4. The molecule has 22 heavy (non-hydrogen) atoms. The average molecular weight is 304 g/mol. The van der Waals surface area contributed by atoms with Crippen LogP contribution in [0.3, 0.4) is 0 Å². The summed E-state index contributed by atoms with van der Waals surface area (Å²) < 4.78 is 5.39. The fraction of sp³-hybridized carbons (Fsp3) is 0.625. The van der Waals surface area contributed by atoms with Gasteiger partial charge in [0.05, 0.1) is 13.2 Å². The molecule has 2 unspecified atom stereocenters. The van der Waals surface area contributed by atoms with Gasteiger partial charge in [0.25, 0.3) is 0 Å². The summed E-state index contributed by atoms with van der Waals surface area (Å²) in [6.45, 7) is 3.65. The minimum absolute atomic E-state index is 0.0681. The smallest absolute Gasteiger partial charge is 0.223 e. The third-order valence-electron chi connectivity index (χ3n) is 4.48. The molecule has 3 N–H and O–H groups in total. The van der Waals surface area contributed by atoms with Crippen molar-refractivity contribution in [2.24, 2.45) is 11.7 Å². The molecule has 0 radical (unpaired) electrons. The van der Waals surface area contributed by atoms with E-state index in [0.29, 0.717) is 6.54 Å². The highest BCUT2D eigenvalue weighted by molar-refractivity contribution is 5.79. The molecule has 2 aliphatic rings. The SMILES string of the molecule is NC1CCC(C(=O)NCc2cccnc2N2CCOCC2)C1. The van der Waals surface area contributed by atoms with Gasteiger partial charge in [0.2, 0.25) is 5.91 Å². The topological polar surface area (TPSA) is 80.5 Å². The molecule has 0 bridgehead atoms. The Hall–Kier alpha value is -1.66. The number of ether oxygens (including phenoxy) is 1. The van der Waals surface area contributed by atoms with Crippen molar-refractivity contribution in [2.45, 2.75) is 31.8 Å². The Morgan fingerprint density at radius 1 is 1.41 bits per heavy atom. The summed E-state index contributed by atoms with van der Waals surface area (Å²) in [7, 11) is 0. The minimum Gasteiger partial charge on any atom is -0.378 e. The molecule has 0 aromatic carbocycles. The van der Waals surface area contributed by atoms with Crippen molar-refractivity contribution in [3.63, 3.8) is 0 Å². The van der Waals surface area contributed by atoms with Crippen molar-refractivity contribution in [3.05, 3.63) is 23.9 Å². The van der Waals surface area contributed by atoms with E-state index < -0.39 is 0 Å². The maximum absolute atomic E-state index is 12.2. The van der Waals surface area contributed by atoms with Gasteiger partial charge in [-0.05, 0) is 25.3 Å². The molecular formula is C16H24N4O2. The summed E-state index contributed by atoms with van der Waals surface area (Å²) in [6, 6.07) is 4.12. The molecule has 6 nitrogen and oxygen atoms in total. The summed E-state index contributed by atoms with van der Waals surface area (Å²) in [5, 5.41) is 3.05. The molecule has 2 atom stereocenters. The van der Waals surface area contributed by atoms with E-state index in [1.54, 1.807) is 6.20 Å². The van der Waals surface area contributed by atoms with E-state index >= 15 is 0 Å². The lowest BCUT2D eigenvalue weighted by atomic mass is 10.1. The fourth-order valence-corrected chi connectivity index (χ4v) is 3.21. The van der Waals surface area contributed by atoms with Gasteiger partial charge in [-0.3, -0.25) is 4.79 Å². The molecule has 2 heterocycles. The Balaban J connectivity index is 1.61. The third-order valence-corrected chi connectivity index (χ3v) is 4.48. The van der Waals surface area contributed by atoms with Gasteiger partial charge in [0, 0.05) is 43.4 Å². The Kier molecular flexibility index (Phi) is 4.90. The lowest BCUT2D eigenvalue weighted by Gasteiger charge is -2.29. The number of amides is 1. The second-order valence-electron chi connectivity index (χ2n) is 6.07. The first-order valence-corrected chi connectivity index (χ1v) is 8.04. The monoisotopic (exact) mass is 304 g/mol. The molecular weight excluding hydrogens is 280 g/mol. The van der Waals surface area contributed by atoms with Crippen LogP contribution in [-0.4, -0.2) is 43.2 Å². The highest BCUT2D eigenvalue weighted by Crippen LogP contribution is 2.24. The Bertz CT molecular complexity index is 517. The van der Waals surface area contributed by atoms with Crippen molar-refractivity contribution < 1.29 is 9.53 Å². The van der Waals surface area contributed by atoms with Gasteiger partial charge in [-0.1, -0.05) is 6.07 Å². The quantitative estimate of drug-likeness (QED) is 0.854. The lowest BCUT2D eigenvalue weighted by molar-refractivity contribution is -0.125. The Labute approximate surface area is 131 Å². The van der Waals surface area contributed by atoms with Crippen LogP contribution in [0, 0.1) is 5.92 Å². The van der Waals surface area contributed by atoms with E-state index in [4.69, 9.17) is 10.5 Å². The second-order valence-corrected chi connectivity index (χ2v) is 6.07. The van der Waals surface area contributed by atoms with Crippen LogP contribution in [0.25, 0.3) is 0 Å². The maximum Gasteiger partial charge on any atom is 0.223 e. The van der Waals surface area contributed by atoms with E-state index in [2.05, 4.69) is 15.2 Å². The normalized spacial score (nSPS) is 25.2. The number of aromatic nitrogens is 1. The highest BCUT2D eigenvalue weighted by Gasteiger charge is 2.27. The highest BCUT2D eigenvalue weighted by atomic mass is 16.5. The van der Waals surface area contributed by atoms with Crippen LogP contribution in [0.4, 0.5) is 5.82 Å². The molecule has 1 saturated heterocycles. The zero-order valence-electron chi connectivity index (χ0n) is 12.8. The Morgan fingerprint density at radius 2 is 2.23 bits per heavy atom. The van der Waals surface area contributed by atoms with E-state index in [-0.39, 0.29) is 17.9 Å². The zero-order chi connectivity index (χ0) is 15.4. The van der Waals surface area contributed by atoms with Crippen LogP contribution in [0.2, 0.25) is 0 Å². The number of hydrogen-bond acceptors (Lipinski definition) is 5. The van der Waals surface area contributed by atoms with Gasteiger partial charge in [0.15, 0.2) is 0 Å². The van der Waals surface area contributed by atoms with E-state index in [1.807, 2.05) is 12.1 Å². The second kappa shape index (κ2) is 7.07. The predicted molar refractivity (Wildman–Crippen MR) is 84.4 cm³/mol. The van der Waals surface area contributed by atoms with Crippen LogP contribution < -0.4 is 16.0 Å². The van der Waals surface area contributed by atoms with Gasteiger partial charge in [-0.15, -0.1) is 0 Å². The van der Waals surface area contributed by atoms with E-state index in [0.717, 1.165) is 56.9 Å². The fourth-order valence-electron chi connectivity index (χ4n) is 3.21. The molecule has 1 aromatic rings. The molecule has 6 heteroatoms. The largest absolute Gasteiger partial charge is 0.378 e. The molecule has 3 rings (SSSR count). The lowest BCUT2D eigenvalue weighted by Crippen LogP contribution is -2.38. The summed E-state index contributed by atoms with van der Waals surface area (Å²) >= 11 is 0. The summed E-state index contributed by atoms with van der Waals surface area (Å²) in [4.78, 5) is 18.9. The summed E-state index contributed by atoms with van der Waals surface area (Å²) in [6.07, 6.45) is 4.45. The average Bonchev–Trinajstić information content (AvgIpc) is 3.00. The van der Waals surface area contributed by atoms with Gasteiger partial charge >= 0.3 is 0 Å². The number of nitrogens with two attached hydrogens (primary N) is 1. The molecule has 1 aliphatic carbocycles. The Morgan fingerprint density at radius 3 is 2.95 bits per heavy atom. The third kappa shape index (κ3) is 3.56. The van der Waals surface area contributed by atoms with Gasteiger partial charge in [-0.25, -0.2) is 4.98 Å². The number of carbonyl (C=O) groups excluding carboxylic acids is 1. The van der Waals surface area contributed by atoms with Gasteiger partial charge in [-0.2, -0.15) is 0 Å². The number of nitrogens with one attached hydrogen (secondary N) is 1. The van der Waals surface area contributed by atoms with Crippen LogP contribution in [0.1, 0.15) is 24.8 Å². The number of nitrogens with zero attached hydrogens (tertiary/aromatic N) is 2. The van der Waals surface area contributed by atoms with Crippen LogP contribution >= 0.6 is 0 Å². The van der Waals surface area contributed by atoms with E-state index in [9.17, 15) is 4.79 Å². The number of hydrogen-bond donors (Lipinski definition) is 2. The van der Waals surface area contributed by atoms with Crippen molar-refractivity contribution >= 4 is 11.7 Å². The first kappa shape index (κ1) is 15.2. The number of morpholine rings is 1. The van der Waals surface area contributed by atoms with E-state index in [1.165, 1.54) is 0 Å². The molecule has 1 aromatic heterocycles. The molecule has 120 valence electrons. The van der Waals surface area contributed by atoms with Crippen molar-refractivity contribution in [2.75, 3.05) is 31.2 Å². The summed E-state index contributed by atoms with van der Waals surface area (Å²) in [5.41, 5.74) is 6.94. The van der Waals surface area contributed by atoms with Crippen molar-refractivity contribution in [1.29, 1.82) is 0 Å². The van der Waals surface area contributed by atoms with Gasteiger partial charge < -0.3 is 20.7 Å². The minimum atomic E-state index is 0.0681. The first-order valence-electron chi connectivity index (χ1n) is 8.04. The van der Waals surface area contributed by atoms with Crippen molar-refractivity contribution in [3.8, 4) is 0 Å². The predicted octanol–water partition coefficient (Wildman–Crippen LogP) is 0.662.